The smallest absolute Gasteiger partial charge is 0.171 e. The molecule has 1 N–H and O–H groups in total. The lowest BCUT2D eigenvalue weighted by molar-refractivity contribution is 0.315. The normalized spacial score (nSPS) is 15.8. The van der Waals surface area contributed by atoms with E-state index in [1.165, 1.54) is 35.1 Å². The topological polar surface area (TPSA) is 84.3 Å². The molecule has 1 atom stereocenters. The maximum Gasteiger partial charge on any atom is 0.171 e. The van der Waals surface area contributed by atoms with Gasteiger partial charge in [-0.05, 0) is 24.8 Å². The van der Waals surface area contributed by atoms with E-state index in [0.29, 0.717) is 29.5 Å². The Balaban J connectivity index is 1.81. The third kappa shape index (κ3) is 3.44. The highest BCUT2D eigenvalue weighted by Crippen LogP contribution is 2.39. The van der Waals surface area contributed by atoms with E-state index in [0.717, 1.165) is 23.8 Å². The van der Waals surface area contributed by atoms with Crippen LogP contribution in [0.4, 0.5) is 9.70 Å². The molecule has 3 aromatic heterocycles. The first-order valence-electron chi connectivity index (χ1n) is 9.13. The molecule has 1 unspecified atom stereocenters. The van der Waals surface area contributed by atoms with Crippen LogP contribution in [0, 0.1) is 17.2 Å². The van der Waals surface area contributed by atoms with Gasteiger partial charge in [0, 0.05) is 24.0 Å². The van der Waals surface area contributed by atoms with Crippen molar-refractivity contribution in [3.8, 4) is 17.3 Å². The Morgan fingerprint density at radius 1 is 1.39 bits per heavy atom. The molecule has 3 aromatic rings. The summed E-state index contributed by atoms with van der Waals surface area (Å²) in [5.74, 6) is 1.15. The standard InChI is InChI=1S/C18H20FN7S2/c1-27-24-17-14(16-13-7-9-26(28-19)18(13)22-11-21-16)10-25(23-17)15(6-8-20)12-4-2-3-5-12/h7,9-12,15H,2-6H2,1H3,(H,23,24). The minimum Gasteiger partial charge on any atom is -0.313 e. The second kappa shape index (κ2) is 8.41. The van der Waals surface area contributed by atoms with Crippen LogP contribution in [0.3, 0.4) is 0 Å². The van der Waals surface area contributed by atoms with E-state index in [1.807, 2.05) is 17.1 Å². The molecule has 0 aromatic carbocycles. The zero-order valence-electron chi connectivity index (χ0n) is 15.4. The zero-order valence-corrected chi connectivity index (χ0v) is 17.0. The highest BCUT2D eigenvalue weighted by Gasteiger charge is 2.28. The largest absolute Gasteiger partial charge is 0.313 e. The zero-order chi connectivity index (χ0) is 19.5. The summed E-state index contributed by atoms with van der Waals surface area (Å²) in [5.41, 5.74) is 2.04. The van der Waals surface area contributed by atoms with E-state index in [9.17, 15) is 9.15 Å². The maximum absolute atomic E-state index is 13.1. The van der Waals surface area contributed by atoms with Gasteiger partial charge < -0.3 is 4.72 Å². The summed E-state index contributed by atoms with van der Waals surface area (Å²) >= 11 is 1.55. The van der Waals surface area contributed by atoms with Crippen LogP contribution in [0.15, 0.2) is 24.8 Å². The van der Waals surface area contributed by atoms with Gasteiger partial charge in [0.1, 0.15) is 6.33 Å². The van der Waals surface area contributed by atoms with Crippen molar-refractivity contribution in [3.05, 3.63) is 24.8 Å². The summed E-state index contributed by atoms with van der Waals surface area (Å²) in [7, 11) is 0. The number of fused-ring (bicyclic) bond motifs is 1. The molecule has 4 rings (SSSR count). The third-order valence-corrected chi connectivity index (χ3v) is 6.13. The molecule has 0 aliphatic heterocycles. The summed E-state index contributed by atoms with van der Waals surface area (Å²) in [6.45, 7) is 0. The number of anilines is 1. The van der Waals surface area contributed by atoms with Gasteiger partial charge in [-0.25, -0.2) is 13.9 Å². The fraction of sp³-hybridized carbons (Fsp3) is 0.444. The minimum absolute atomic E-state index is 0.0481. The molecule has 10 heteroatoms. The molecule has 0 amide bonds. The molecule has 1 aliphatic carbocycles. The van der Waals surface area contributed by atoms with Crippen molar-refractivity contribution in [1.29, 1.82) is 5.26 Å². The van der Waals surface area contributed by atoms with Gasteiger partial charge in [-0.1, -0.05) is 24.8 Å². The molecule has 28 heavy (non-hydrogen) atoms. The number of nitrogens with one attached hydrogen (secondary N) is 1. The second-order valence-corrected chi connectivity index (χ2v) is 7.97. The summed E-state index contributed by atoms with van der Waals surface area (Å²) < 4.78 is 19.7. The van der Waals surface area contributed by atoms with E-state index in [2.05, 4.69) is 20.8 Å². The lowest BCUT2D eigenvalue weighted by Crippen LogP contribution is -2.17. The number of halogens is 1. The Hall–Kier alpha value is -2.25. The quantitative estimate of drug-likeness (QED) is 0.541. The van der Waals surface area contributed by atoms with E-state index in [-0.39, 0.29) is 18.4 Å². The van der Waals surface area contributed by atoms with Crippen LogP contribution >= 0.6 is 24.3 Å². The van der Waals surface area contributed by atoms with Crippen molar-refractivity contribution in [3.63, 3.8) is 0 Å². The summed E-state index contributed by atoms with van der Waals surface area (Å²) in [6, 6.07) is 4.18. The number of rotatable bonds is 7. The Morgan fingerprint density at radius 3 is 2.93 bits per heavy atom. The molecule has 3 heterocycles. The Kier molecular flexibility index (Phi) is 5.73. The number of nitrogens with zero attached hydrogens (tertiary/aromatic N) is 6. The number of hydrogen-bond donors (Lipinski definition) is 1. The van der Waals surface area contributed by atoms with Crippen molar-refractivity contribution in [2.45, 2.75) is 38.1 Å². The number of hydrogen-bond acceptors (Lipinski definition) is 7. The van der Waals surface area contributed by atoms with Crippen LogP contribution in [0.5, 0.6) is 0 Å². The highest BCUT2D eigenvalue weighted by molar-refractivity contribution is 7.99. The average molecular weight is 418 g/mol. The maximum atomic E-state index is 13.1. The van der Waals surface area contributed by atoms with Crippen molar-refractivity contribution >= 4 is 41.1 Å². The molecule has 0 spiro atoms. The average Bonchev–Trinajstić information content (AvgIpc) is 3.45. The van der Waals surface area contributed by atoms with Crippen molar-refractivity contribution in [2.75, 3.05) is 11.0 Å². The third-order valence-electron chi connectivity index (χ3n) is 5.29. The monoisotopic (exact) mass is 417 g/mol. The van der Waals surface area contributed by atoms with E-state index < -0.39 is 0 Å². The summed E-state index contributed by atoms with van der Waals surface area (Å²) in [5, 5.41) is 14.9. The molecule has 1 aliphatic rings. The molecule has 1 saturated carbocycles. The van der Waals surface area contributed by atoms with Crippen molar-refractivity contribution in [2.24, 2.45) is 5.92 Å². The van der Waals surface area contributed by atoms with Gasteiger partial charge in [0.15, 0.2) is 23.8 Å². The van der Waals surface area contributed by atoms with Gasteiger partial charge in [-0.15, -0.1) is 3.89 Å². The van der Waals surface area contributed by atoms with Gasteiger partial charge in [0.25, 0.3) is 0 Å². The molecule has 7 nitrogen and oxygen atoms in total. The fourth-order valence-electron chi connectivity index (χ4n) is 4.02. The fourth-order valence-corrected chi connectivity index (χ4v) is 4.68. The Morgan fingerprint density at radius 2 is 2.21 bits per heavy atom. The molecule has 1 fully saturated rings. The predicted molar refractivity (Wildman–Crippen MR) is 111 cm³/mol. The van der Waals surface area contributed by atoms with Crippen LogP contribution in [0.25, 0.3) is 22.3 Å². The Bertz CT molecular complexity index is 1000. The SMILES string of the molecule is CSNc1nn(C(CC#N)C2CCCC2)cc1-c1ncnc2c1ccn2SF. The molecule has 0 bridgehead atoms. The van der Waals surface area contributed by atoms with E-state index >= 15 is 0 Å². The molecule has 0 saturated heterocycles. The molecular formula is C18H20FN7S2. The van der Waals surface area contributed by atoms with E-state index in [4.69, 9.17) is 5.10 Å². The number of nitriles is 1. The summed E-state index contributed by atoms with van der Waals surface area (Å²) in [6.07, 6.45) is 12.1. The first-order valence-corrected chi connectivity index (χ1v) is 11.0. The molecule has 0 radical (unpaired) electrons. The lowest BCUT2D eigenvalue weighted by Gasteiger charge is -2.21. The van der Waals surface area contributed by atoms with Gasteiger partial charge in [0.05, 0.1) is 29.8 Å². The van der Waals surface area contributed by atoms with Crippen molar-refractivity contribution in [1.82, 2.24) is 23.7 Å². The van der Waals surface area contributed by atoms with Crippen LogP contribution in [-0.4, -0.2) is 30.0 Å². The van der Waals surface area contributed by atoms with Crippen molar-refractivity contribution < 1.29 is 3.89 Å². The number of aromatic nitrogens is 5. The molecular weight excluding hydrogens is 397 g/mol. The van der Waals surface area contributed by atoms with Crippen LogP contribution in [-0.2, 0) is 0 Å². The lowest BCUT2D eigenvalue weighted by atomic mass is 9.96. The minimum atomic E-state index is 0.0481. The molecule has 146 valence electrons. The first-order chi connectivity index (χ1) is 13.8. The van der Waals surface area contributed by atoms with Gasteiger partial charge in [-0.3, -0.25) is 4.68 Å². The highest BCUT2D eigenvalue weighted by atomic mass is 32.2. The van der Waals surface area contributed by atoms with Gasteiger partial charge in [0.2, 0.25) is 0 Å². The first kappa shape index (κ1) is 19.1. The van der Waals surface area contributed by atoms with Crippen LogP contribution < -0.4 is 4.72 Å². The van der Waals surface area contributed by atoms with Gasteiger partial charge in [-0.2, -0.15) is 10.4 Å². The van der Waals surface area contributed by atoms with Gasteiger partial charge >= 0.3 is 0 Å². The predicted octanol–water partition coefficient (Wildman–Crippen LogP) is 5.01. The van der Waals surface area contributed by atoms with E-state index in [1.54, 1.807) is 12.3 Å². The van der Waals surface area contributed by atoms with Crippen LogP contribution in [0.1, 0.15) is 38.1 Å². The summed E-state index contributed by atoms with van der Waals surface area (Å²) in [4.78, 5) is 8.66. The second-order valence-electron chi connectivity index (χ2n) is 6.82. The Labute approximate surface area is 171 Å². The van der Waals surface area contributed by atoms with Crippen LogP contribution in [0.2, 0.25) is 0 Å².